The predicted octanol–water partition coefficient (Wildman–Crippen LogP) is 4.16. The zero-order chi connectivity index (χ0) is 18.1. The SMILES string of the molecule is CC(C)c1cccc(NC(=O)CCCNC(=O)NC2CCCCC2)c1. The number of urea groups is 1. The highest BCUT2D eigenvalue weighted by molar-refractivity contribution is 5.90. The highest BCUT2D eigenvalue weighted by Crippen LogP contribution is 2.19. The van der Waals surface area contributed by atoms with Crippen LogP contribution in [0.5, 0.6) is 0 Å². The summed E-state index contributed by atoms with van der Waals surface area (Å²) in [5.74, 6) is 0.416. The van der Waals surface area contributed by atoms with Gasteiger partial charge in [-0.15, -0.1) is 0 Å². The Morgan fingerprint density at radius 2 is 1.92 bits per heavy atom. The first-order valence-corrected chi connectivity index (χ1v) is 9.49. The van der Waals surface area contributed by atoms with Gasteiger partial charge in [0.25, 0.3) is 0 Å². The molecule has 0 spiro atoms. The van der Waals surface area contributed by atoms with E-state index in [9.17, 15) is 9.59 Å². The Kier molecular flexibility index (Phi) is 7.76. The van der Waals surface area contributed by atoms with Crippen LogP contribution in [0.15, 0.2) is 24.3 Å². The summed E-state index contributed by atoms with van der Waals surface area (Å²) in [6.07, 6.45) is 6.85. The molecule has 1 aliphatic rings. The Morgan fingerprint density at radius 1 is 1.16 bits per heavy atom. The van der Waals surface area contributed by atoms with Gasteiger partial charge in [-0.2, -0.15) is 0 Å². The summed E-state index contributed by atoms with van der Waals surface area (Å²) >= 11 is 0. The van der Waals surface area contributed by atoms with Gasteiger partial charge in [-0.05, 0) is 42.9 Å². The third kappa shape index (κ3) is 7.16. The van der Waals surface area contributed by atoms with Crippen LogP contribution in [0.4, 0.5) is 10.5 Å². The van der Waals surface area contributed by atoms with E-state index in [0.29, 0.717) is 31.3 Å². The molecule has 1 saturated carbocycles. The Bertz CT molecular complexity index is 566. The summed E-state index contributed by atoms with van der Waals surface area (Å²) in [4.78, 5) is 23.8. The van der Waals surface area contributed by atoms with Gasteiger partial charge in [-0.25, -0.2) is 4.79 Å². The molecule has 5 heteroatoms. The third-order valence-corrected chi connectivity index (χ3v) is 4.64. The molecule has 0 bridgehead atoms. The molecule has 1 aliphatic carbocycles. The van der Waals surface area contributed by atoms with Crippen LogP contribution < -0.4 is 16.0 Å². The number of carbonyl (C=O) groups is 2. The molecule has 0 aliphatic heterocycles. The Morgan fingerprint density at radius 3 is 2.64 bits per heavy atom. The summed E-state index contributed by atoms with van der Waals surface area (Å²) in [5.41, 5.74) is 2.04. The minimum Gasteiger partial charge on any atom is -0.338 e. The first-order valence-electron chi connectivity index (χ1n) is 9.49. The van der Waals surface area contributed by atoms with Gasteiger partial charge in [-0.3, -0.25) is 4.79 Å². The second-order valence-corrected chi connectivity index (χ2v) is 7.17. The number of benzene rings is 1. The smallest absolute Gasteiger partial charge is 0.315 e. The molecule has 3 N–H and O–H groups in total. The minimum atomic E-state index is -0.114. The number of nitrogens with one attached hydrogen (secondary N) is 3. The third-order valence-electron chi connectivity index (χ3n) is 4.64. The van der Waals surface area contributed by atoms with E-state index in [4.69, 9.17) is 0 Å². The van der Waals surface area contributed by atoms with Crippen LogP contribution in [0.3, 0.4) is 0 Å². The van der Waals surface area contributed by atoms with E-state index in [1.54, 1.807) is 0 Å². The standard InChI is InChI=1S/C20H31N3O2/c1-15(2)16-8-6-11-18(14-16)22-19(24)12-7-13-21-20(25)23-17-9-4-3-5-10-17/h6,8,11,14-15,17H,3-5,7,9-10,12-13H2,1-2H3,(H,22,24)(H2,21,23,25). The second kappa shape index (κ2) is 10.1. The monoisotopic (exact) mass is 345 g/mol. The predicted molar refractivity (Wildman–Crippen MR) is 102 cm³/mol. The molecule has 0 atom stereocenters. The molecule has 5 nitrogen and oxygen atoms in total. The molecule has 138 valence electrons. The van der Waals surface area contributed by atoms with Crippen molar-refractivity contribution < 1.29 is 9.59 Å². The van der Waals surface area contributed by atoms with Gasteiger partial charge in [0.1, 0.15) is 0 Å². The highest BCUT2D eigenvalue weighted by atomic mass is 16.2. The van der Waals surface area contributed by atoms with Crippen molar-refractivity contribution in [1.82, 2.24) is 10.6 Å². The number of hydrogen-bond donors (Lipinski definition) is 3. The molecule has 1 aromatic rings. The fraction of sp³-hybridized carbons (Fsp3) is 0.600. The van der Waals surface area contributed by atoms with E-state index in [1.165, 1.54) is 24.8 Å². The molecular weight excluding hydrogens is 314 g/mol. The van der Waals surface area contributed by atoms with Crippen molar-refractivity contribution in [2.24, 2.45) is 0 Å². The molecule has 1 aromatic carbocycles. The number of carbonyl (C=O) groups excluding carboxylic acids is 2. The van der Waals surface area contributed by atoms with Crippen LogP contribution in [0, 0.1) is 0 Å². The van der Waals surface area contributed by atoms with E-state index in [-0.39, 0.29) is 11.9 Å². The zero-order valence-corrected chi connectivity index (χ0v) is 15.4. The molecule has 2 rings (SSSR count). The Balaban J connectivity index is 1.61. The number of amides is 3. The van der Waals surface area contributed by atoms with Crippen molar-refractivity contribution in [2.45, 2.75) is 70.8 Å². The van der Waals surface area contributed by atoms with E-state index in [0.717, 1.165) is 18.5 Å². The van der Waals surface area contributed by atoms with Gasteiger partial charge >= 0.3 is 6.03 Å². The number of rotatable bonds is 7. The van der Waals surface area contributed by atoms with Crippen molar-refractivity contribution in [3.8, 4) is 0 Å². The van der Waals surface area contributed by atoms with Gasteiger partial charge in [-0.1, -0.05) is 45.2 Å². The molecule has 1 fully saturated rings. The van der Waals surface area contributed by atoms with Gasteiger partial charge in [0.05, 0.1) is 0 Å². The molecule has 25 heavy (non-hydrogen) atoms. The number of anilines is 1. The molecule has 0 aromatic heterocycles. The summed E-state index contributed by atoms with van der Waals surface area (Å²) in [5, 5.41) is 8.78. The molecule has 0 saturated heterocycles. The maximum atomic E-state index is 12.0. The van der Waals surface area contributed by atoms with Crippen molar-refractivity contribution >= 4 is 17.6 Å². The maximum Gasteiger partial charge on any atom is 0.315 e. The lowest BCUT2D eigenvalue weighted by Crippen LogP contribution is -2.43. The highest BCUT2D eigenvalue weighted by Gasteiger charge is 2.15. The normalized spacial score (nSPS) is 15.0. The van der Waals surface area contributed by atoms with Crippen LogP contribution in [0.2, 0.25) is 0 Å². The number of hydrogen-bond acceptors (Lipinski definition) is 2. The fourth-order valence-electron chi connectivity index (χ4n) is 3.13. The topological polar surface area (TPSA) is 70.2 Å². The van der Waals surface area contributed by atoms with Crippen molar-refractivity contribution in [1.29, 1.82) is 0 Å². The van der Waals surface area contributed by atoms with Crippen LogP contribution in [0.1, 0.15) is 70.3 Å². The zero-order valence-electron chi connectivity index (χ0n) is 15.4. The van der Waals surface area contributed by atoms with E-state index < -0.39 is 0 Å². The first kappa shape index (κ1) is 19.3. The summed E-state index contributed by atoms with van der Waals surface area (Å²) < 4.78 is 0. The Hall–Kier alpha value is -2.04. The van der Waals surface area contributed by atoms with Crippen LogP contribution >= 0.6 is 0 Å². The summed E-state index contributed by atoms with van der Waals surface area (Å²) in [6.45, 7) is 4.77. The van der Waals surface area contributed by atoms with Gasteiger partial charge in [0.15, 0.2) is 0 Å². The van der Waals surface area contributed by atoms with Crippen molar-refractivity contribution in [2.75, 3.05) is 11.9 Å². The van der Waals surface area contributed by atoms with Gasteiger partial charge in [0.2, 0.25) is 5.91 Å². The first-order chi connectivity index (χ1) is 12.0. The van der Waals surface area contributed by atoms with Crippen molar-refractivity contribution in [3.63, 3.8) is 0 Å². The second-order valence-electron chi connectivity index (χ2n) is 7.17. The lowest BCUT2D eigenvalue weighted by Gasteiger charge is -2.22. The van der Waals surface area contributed by atoms with Gasteiger partial charge < -0.3 is 16.0 Å². The minimum absolute atomic E-state index is 0.0182. The van der Waals surface area contributed by atoms with E-state index in [2.05, 4.69) is 35.9 Å². The lowest BCUT2D eigenvalue weighted by molar-refractivity contribution is -0.116. The molecule has 0 heterocycles. The van der Waals surface area contributed by atoms with Crippen LogP contribution in [-0.2, 0) is 4.79 Å². The van der Waals surface area contributed by atoms with E-state index in [1.807, 2.05) is 18.2 Å². The molecule has 3 amide bonds. The van der Waals surface area contributed by atoms with Crippen LogP contribution in [-0.4, -0.2) is 24.5 Å². The largest absolute Gasteiger partial charge is 0.338 e. The lowest BCUT2D eigenvalue weighted by atomic mass is 9.96. The quantitative estimate of drug-likeness (QED) is 0.649. The average molecular weight is 345 g/mol. The summed E-state index contributed by atoms with van der Waals surface area (Å²) in [6, 6.07) is 8.14. The van der Waals surface area contributed by atoms with Gasteiger partial charge in [0, 0.05) is 24.7 Å². The Labute approximate surface area is 151 Å². The van der Waals surface area contributed by atoms with Crippen molar-refractivity contribution in [3.05, 3.63) is 29.8 Å². The maximum absolute atomic E-state index is 12.0. The van der Waals surface area contributed by atoms with Crippen LogP contribution in [0.25, 0.3) is 0 Å². The van der Waals surface area contributed by atoms with E-state index >= 15 is 0 Å². The fourth-order valence-corrected chi connectivity index (χ4v) is 3.13. The average Bonchev–Trinajstić information content (AvgIpc) is 2.60. The summed E-state index contributed by atoms with van der Waals surface area (Å²) in [7, 11) is 0. The molecule has 0 unspecified atom stereocenters. The molecule has 0 radical (unpaired) electrons. The molecular formula is C20H31N3O2.